The normalized spacial score (nSPS) is 23.0. The first kappa shape index (κ1) is 16.7. The number of aryl methyl sites for hydroxylation is 1. The standard InChI is InChI=1S/C16H26N4O2S/c1-13-15(23-12-18-13)9-17-16(21)20-4-2-3-14(11-20)10-19-5-7-22-8-6-19/h12,14H,2-11H2,1H3,(H,17,21)/t14-/m1/s1. The van der Waals surface area contributed by atoms with E-state index >= 15 is 0 Å². The quantitative estimate of drug-likeness (QED) is 0.908. The van der Waals surface area contributed by atoms with Gasteiger partial charge in [-0.05, 0) is 25.7 Å². The second kappa shape index (κ2) is 8.08. The highest BCUT2D eigenvalue weighted by Gasteiger charge is 2.25. The molecule has 2 aliphatic rings. The number of carbonyl (C=O) groups excluding carboxylic acids is 1. The zero-order chi connectivity index (χ0) is 16.1. The van der Waals surface area contributed by atoms with E-state index in [0.29, 0.717) is 12.5 Å². The fourth-order valence-electron chi connectivity index (χ4n) is 3.31. The summed E-state index contributed by atoms with van der Waals surface area (Å²) in [6.45, 7) is 9.10. The van der Waals surface area contributed by atoms with Gasteiger partial charge in [-0.2, -0.15) is 0 Å². The van der Waals surface area contributed by atoms with E-state index in [1.54, 1.807) is 11.3 Å². The van der Waals surface area contributed by atoms with Crippen molar-refractivity contribution in [2.75, 3.05) is 45.9 Å². The maximum absolute atomic E-state index is 12.4. The number of piperidine rings is 1. The summed E-state index contributed by atoms with van der Waals surface area (Å²) in [5.41, 5.74) is 2.84. The zero-order valence-corrected chi connectivity index (χ0v) is 14.6. The first-order valence-electron chi connectivity index (χ1n) is 8.44. The molecule has 3 rings (SSSR count). The summed E-state index contributed by atoms with van der Waals surface area (Å²) < 4.78 is 5.40. The summed E-state index contributed by atoms with van der Waals surface area (Å²) >= 11 is 1.60. The molecular weight excluding hydrogens is 312 g/mol. The van der Waals surface area contributed by atoms with Crippen molar-refractivity contribution in [1.29, 1.82) is 0 Å². The van der Waals surface area contributed by atoms with Crippen LogP contribution in [-0.4, -0.2) is 66.8 Å². The number of nitrogens with zero attached hydrogens (tertiary/aromatic N) is 3. The number of likely N-dealkylation sites (tertiary alicyclic amines) is 1. The zero-order valence-electron chi connectivity index (χ0n) is 13.8. The summed E-state index contributed by atoms with van der Waals surface area (Å²) in [4.78, 5) is 22.2. The Bertz CT molecular complexity index is 516. The molecule has 2 fully saturated rings. The van der Waals surface area contributed by atoms with Crippen LogP contribution in [0.3, 0.4) is 0 Å². The molecule has 1 N–H and O–H groups in total. The minimum atomic E-state index is 0.0597. The summed E-state index contributed by atoms with van der Waals surface area (Å²) in [7, 11) is 0. The van der Waals surface area contributed by atoms with Gasteiger partial charge in [-0.25, -0.2) is 9.78 Å². The van der Waals surface area contributed by atoms with E-state index in [1.165, 1.54) is 6.42 Å². The van der Waals surface area contributed by atoms with Crippen LogP contribution in [0.1, 0.15) is 23.4 Å². The lowest BCUT2D eigenvalue weighted by atomic mass is 9.97. The molecule has 2 amide bonds. The molecule has 3 heterocycles. The van der Waals surface area contributed by atoms with Gasteiger partial charge in [0, 0.05) is 37.6 Å². The third kappa shape index (κ3) is 4.65. The van der Waals surface area contributed by atoms with Crippen LogP contribution >= 0.6 is 11.3 Å². The summed E-state index contributed by atoms with van der Waals surface area (Å²) in [5.74, 6) is 0.581. The molecule has 2 aliphatic heterocycles. The number of aromatic nitrogens is 1. The van der Waals surface area contributed by atoms with Gasteiger partial charge in [0.2, 0.25) is 0 Å². The third-order valence-electron chi connectivity index (χ3n) is 4.67. The molecule has 2 saturated heterocycles. The average molecular weight is 338 g/mol. The van der Waals surface area contributed by atoms with Crippen LogP contribution in [0.4, 0.5) is 4.79 Å². The molecule has 0 bridgehead atoms. The van der Waals surface area contributed by atoms with Crippen molar-refractivity contribution in [3.8, 4) is 0 Å². The summed E-state index contributed by atoms with van der Waals surface area (Å²) in [5, 5.41) is 3.04. The van der Waals surface area contributed by atoms with Gasteiger partial charge in [-0.15, -0.1) is 11.3 Å². The van der Waals surface area contributed by atoms with Crippen LogP contribution in [0, 0.1) is 12.8 Å². The predicted molar refractivity (Wildman–Crippen MR) is 90.6 cm³/mol. The second-order valence-corrected chi connectivity index (χ2v) is 7.33. The third-order valence-corrected chi connectivity index (χ3v) is 5.61. The van der Waals surface area contributed by atoms with E-state index in [0.717, 1.165) is 62.9 Å². The number of ether oxygens (including phenoxy) is 1. The molecule has 0 unspecified atom stereocenters. The summed E-state index contributed by atoms with van der Waals surface area (Å²) in [6.07, 6.45) is 2.32. The van der Waals surface area contributed by atoms with Gasteiger partial charge in [-0.3, -0.25) is 4.90 Å². The lowest BCUT2D eigenvalue weighted by molar-refractivity contribution is 0.0249. The monoisotopic (exact) mass is 338 g/mol. The molecule has 0 aromatic carbocycles. The number of hydrogen-bond acceptors (Lipinski definition) is 5. The number of carbonyl (C=O) groups is 1. The van der Waals surface area contributed by atoms with Gasteiger partial charge in [0.25, 0.3) is 0 Å². The lowest BCUT2D eigenvalue weighted by Crippen LogP contribution is -2.48. The molecule has 23 heavy (non-hydrogen) atoms. The first-order valence-corrected chi connectivity index (χ1v) is 9.32. The van der Waals surface area contributed by atoms with Crippen molar-refractivity contribution < 1.29 is 9.53 Å². The molecule has 0 aliphatic carbocycles. The van der Waals surface area contributed by atoms with E-state index in [9.17, 15) is 4.79 Å². The Morgan fingerprint density at radius 2 is 2.26 bits per heavy atom. The van der Waals surface area contributed by atoms with E-state index in [-0.39, 0.29) is 6.03 Å². The first-order chi connectivity index (χ1) is 11.2. The average Bonchev–Trinajstić information content (AvgIpc) is 2.99. The van der Waals surface area contributed by atoms with Gasteiger partial charge >= 0.3 is 6.03 Å². The Hall–Kier alpha value is -1.18. The largest absolute Gasteiger partial charge is 0.379 e. The molecular formula is C16H26N4O2S. The van der Waals surface area contributed by atoms with E-state index in [1.807, 2.05) is 17.3 Å². The number of nitrogens with one attached hydrogen (secondary N) is 1. The number of hydrogen-bond donors (Lipinski definition) is 1. The Labute approximate surface area is 141 Å². The SMILES string of the molecule is Cc1ncsc1CNC(=O)N1CCC[C@H](CN2CCOCC2)C1. The molecule has 1 aromatic rings. The molecule has 0 radical (unpaired) electrons. The van der Waals surface area contributed by atoms with Crippen molar-refractivity contribution in [3.63, 3.8) is 0 Å². The van der Waals surface area contributed by atoms with Crippen molar-refractivity contribution >= 4 is 17.4 Å². The molecule has 128 valence electrons. The maximum atomic E-state index is 12.4. The predicted octanol–water partition coefficient (Wildman–Crippen LogP) is 1.71. The number of amides is 2. The fraction of sp³-hybridized carbons (Fsp3) is 0.750. The second-order valence-electron chi connectivity index (χ2n) is 6.39. The van der Waals surface area contributed by atoms with Gasteiger partial charge < -0.3 is 15.0 Å². The van der Waals surface area contributed by atoms with Gasteiger partial charge in [0.05, 0.1) is 31.0 Å². The Balaban J connectivity index is 1.45. The van der Waals surface area contributed by atoms with Crippen LogP contribution < -0.4 is 5.32 Å². The number of morpholine rings is 1. The van der Waals surface area contributed by atoms with Crippen LogP contribution in [0.2, 0.25) is 0 Å². The molecule has 0 saturated carbocycles. The van der Waals surface area contributed by atoms with Crippen LogP contribution in [0.5, 0.6) is 0 Å². The minimum Gasteiger partial charge on any atom is -0.379 e. The number of thiazole rings is 1. The maximum Gasteiger partial charge on any atom is 0.317 e. The van der Waals surface area contributed by atoms with Crippen LogP contribution in [-0.2, 0) is 11.3 Å². The van der Waals surface area contributed by atoms with Crippen molar-refractivity contribution in [2.45, 2.75) is 26.3 Å². The van der Waals surface area contributed by atoms with E-state index < -0.39 is 0 Å². The lowest BCUT2D eigenvalue weighted by Gasteiger charge is -2.36. The van der Waals surface area contributed by atoms with E-state index in [4.69, 9.17) is 4.74 Å². The topological polar surface area (TPSA) is 57.7 Å². The van der Waals surface area contributed by atoms with E-state index in [2.05, 4.69) is 15.2 Å². The number of urea groups is 1. The molecule has 7 heteroatoms. The summed E-state index contributed by atoms with van der Waals surface area (Å²) in [6, 6.07) is 0.0597. The minimum absolute atomic E-state index is 0.0597. The molecule has 1 atom stereocenters. The van der Waals surface area contributed by atoms with Gasteiger partial charge in [-0.1, -0.05) is 0 Å². The molecule has 1 aromatic heterocycles. The van der Waals surface area contributed by atoms with Gasteiger partial charge in [0.1, 0.15) is 0 Å². The Morgan fingerprint density at radius 1 is 1.43 bits per heavy atom. The highest BCUT2D eigenvalue weighted by molar-refractivity contribution is 7.09. The van der Waals surface area contributed by atoms with Crippen molar-refractivity contribution in [3.05, 3.63) is 16.1 Å². The molecule has 6 nitrogen and oxygen atoms in total. The van der Waals surface area contributed by atoms with Crippen LogP contribution in [0.25, 0.3) is 0 Å². The van der Waals surface area contributed by atoms with Crippen LogP contribution in [0.15, 0.2) is 5.51 Å². The smallest absolute Gasteiger partial charge is 0.317 e. The Kier molecular flexibility index (Phi) is 5.85. The van der Waals surface area contributed by atoms with Gasteiger partial charge in [0.15, 0.2) is 0 Å². The van der Waals surface area contributed by atoms with Crippen molar-refractivity contribution in [1.82, 2.24) is 20.1 Å². The molecule has 0 spiro atoms. The number of rotatable bonds is 4. The highest BCUT2D eigenvalue weighted by atomic mass is 32.1. The van der Waals surface area contributed by atoms with Crippen molar-refractivity contribution in [2.24, 2.45) is 5.92 Å². The Morgan fingerprint density at radius 3 is 3.00 bits per heavy atom. The highest BCUT2D eigenvalue weighted by Crippen LogP contribution is 2.19. The fourth-order valence-corrected chi connectivity index (χ4v) is 4.03.